The lowest BCUT2D eigenvalue weighted by Gasteiger charge is -2.28. The molecular weight excluding hydrogens is 256 g/mol. The lowest BCUT2D eigenvalue weighted by molar-refractivity contribution is 0.406. The summed E-state index contributed by atoms with van der Waals surface area (Å²) in [5.74, 6) is 0. The Morgan fingerprint density at radius 2 is 1.52 bits per heavy atom. The van der Waals surface area contributed by atoms with E-state index in [-0.39, 0.29) is 0 Å². The van der Waals surface area contributed by atoms with Gasteiger partial charge in [-0.15, -0.1) is 0 Å². The van der Waals surface area contributed by atoms with Gasteiger partial charge in [-0.3, -0.25) is 0 Å². The van der Waals surface area contributed by atoms with Gasteiger partial charge in [-0.25, -0.2) is 0 Å². The zero-order valence-corrected chi connectivity index (χ0v) is 11.9. The summed E-state index contributed by atoms with van der Waals surface area (Å²) in [5.41, 5.74) is 5.32. The molecular formula is C19H18N2. The van der Waals surface area contributed by atoms with Crippen LogP contribution in [-0.4, -0.2) is 4.57 Å². The Balaban J connectivity index is 1.70. The molecule has 0 spiro atoms. The normalized spacial score (nSPS) is 17.4. The number of hydrogen-bond donors (Lipinski definition) is 1. The molecule has 3 aromatic rings. The van der Waals surface area contributed by atoms with E-state index in [2.05, 4.69) is 82.7 Å². The largest absolute Gasteiger partial charge is 0.341 e. The molecule has 1 aliphatic heterocycles. The number of fused-ring (bicyclic) bond motifs is 1. The molecule has 2 nitrogen and oxygen atoms in total. The van der Waals surface area contributed by atoms with Crippen LogP contribution in [0.2, 0.25) is 0 Å². The number of nitrogens with one attached hydrogen (secondary N) is 1. The summed E-state index contributed by atoms with van der Waals surface area (Å²) in [5, 5.41) is 3.64. The van der Waals surface area contributed by atoms with Gasteiger partial charge in [0.1, 0.15) is 0 Å². The van der Waals surface area contributed by atoms with Gasteiger partial charge in [0.2, 0.25) is 0 Å². The van der Waals surface area contributed by atoms with Crippen LogP contribution in [0.25, 0.3) is 11.3 Å². The summed E-state index contributed by atoms with van der Waals surface area (Å²) in [6.07, 6.45) is 0. The first-order valence-corrected chi connectivity index (χ1v) is 7.44. The molecule has 21 heavy (non-hydrogen) atoms. The molecule has 104 valence electrons. The molecule has 0 aliphatic carbocycles. The van der Waals surface area contributed by atoms with E-state index in [1.165, 1.54) is 22.5 Å². The van der Waals surface area contributed by atoms with E-state index in [0.29, 0.717) is 6.04 Å². The summed E-state index contributed by atoms with van der Waals surface area (Å²) in [6, 6.07) is 26.2. The van der Waals surface area contributed by atoms with E-state index in [9.17, 15) is 0 Å². The van der Waals surface area contributed by atoms with E-state index in [0.717, 1.165) is 13.1 Å². The minimum Gasteiger partial charge on any atom is -0.341 e. The van der Waals surface area contributed by atoms with Gasteiger partial charge in [0, 0.05) is 24.5 Å². The first-order chi connectivity index (χ1) is 10.4. The topological polar surface area (TPSA) is 17.0 Å². The minimum absolute atomic E-state index is 0.383. The monoisotopic (exact) mass is 274 g/mol. The molecule has 0 saturated heterocycles. The molecule has 0 saturated carbocycles. The summed E-state index contributed by atoms with van der Waals surface area (Å²) in [7, 11) is 0. The van der Waals surface area contributed by atoms with E-state index in [4.69, 9.17) is 0 Å². The Labute approximate surface area is 125 Å². The molecule has 1 N–H and O–H groups in total. The van der Waals surface area contributed by atoms with E-state index >= 15 is 0 Å². The molecule has 1 aromatic heterocycles. The molecule has 2 aromatic carbocycles. The highest BCUT2D eigenvalue weighted by Crippen LogP contribution is 2.28. The zero-order valence-electron chi connectivity index (χ0n) is 11.9. The maximum absolute atomic E-state index is 3.64. The van der Waals surface area contributed by atoms with Crippen molar-refractivity contribution in [2.24, 2.45) is 0 Å². The average Bonchev–Trinajstić information content (AvgIpc) is 2.99. The van der Waals surface area contributed by atoms with Gasteiger partial charge in [-0.05, 0) is 23.3 Å². The number of benzene rings is 2. The maximum atomic E-state index is 3.64. The zero-order chi connectivity index (χ0) is 14.1. The maximum Gasteiger partial charge on any atom is 0.0505 e. The fourth-order valence-corrected chi connectivity index (χ4v) is 3.12. The van der Waals surface area contributed by atoms with Crippen molar-refractivity contribution in [1.82, 2.24) is 9.88 Å². The SMILES string of the molecule is c1ccc(-c2ccc3n2C[C@H](c2ccccc2)NC3)cc1. The van der Waals surface area contributed by atoms with Crippen LogP contribution in [0.5, 0.6) is 0 Å². The molecule has 1 aliphatic rings. The fourth-order valence-electron chi connectivity index (χ4n) is 3.12. The van der Waals surface area contributed by atoms with Gasteiger partial charge in [-0.2, -0.15) is 0 Å². The van der Waals surface area contributed by atoms with Crippen molar-refractivity contribution < 1.29 is 0 Å². The smallest absolute Gasteiger partial charge is 0.0505 e. The molecule has 4 rings (SSSR count). The molecule has 1 atom stereocenters. The van der Waals surface area contributed by atoms with Crippen molar-refractivity contribution in [3.63, 3.8) is 0 Å². The highest BCUT2D eigenvalue weighted by molar-refractivity contribution is 5.61. The van der Waals surface area contributed by atoms with Crippen LogP contribution < -0.4 is 5.32 Å². The Morgan fingerprint density at radius 1 is 0.810 bits per heavy atom. The van der Waals surface area contributed by atoms with Crippen LogP contribution >= 0.6 is 0 Å². The lowest BCUT2D eigenvalue weighted by atomic mass is 10.0. The van der Waals surface area contributed by atoms with E-state index in [1.807, 2.05) is 0 Å². The Hall–Kier alpha value is -2.32. The Morgan fingerprint density at radius 3 is 2.29 bits per heavy atom. The third kappa shape index (κ3) is 2.28. The van der Waals surface area contributed by atoms with Crippen molar-refractivity contribution in [3.05, 3.63) is 84.1 Å². The summed E-state index contributed by atoms with van der Waals surface area (Å²) in [4.78, 5) is 0. The summed E-state index contributed by atoms with van der Waals surface area (Å²) in [6.45, 7) is 1.91. The van der Waals surface area contributed by atoms with Crippen LogP contribution in [0, 0.1) is 0 Å². The molecule has 0 amide bonds. The molecule has 0 radical (unpaired) electrons. The lowest BCUT2D eigenvalue weighted by Crippen LogP contribution is -2.32. The van der Waals surface area contributed by atoms with Gasteiger partial charge in [0.05, 0.1) is 6.04 Å². The van der Waals surface area contributed by atoms with Crippen molar-refractivity contribution in [2.45, 2.75) is 19.1 Å². The number of hydrogen-bond acceptors (Lipinski definition) is 1. The van der Waals surface area contributed by atoms with Crippen molar-refractivity contribution >= 4 is 0 Å². The van der Waals surface area contributed by atoms with Crippen molar-refractivity contribution in [2.75, 3.05) is 0 Å². The summed E-state index contributed by atoms with van der Waals surface area (Å²) >= 11 is 0. The number of nitrogens with zero attached hydrogens (tertiary/aromatic N) is 1. The van der Waals surface area contributed by atoms with Crippen LogP contribution in [0.15, 0.2) is 72.8 Å². The second-order valence-electron chi connectivity index (χ2n) is 5.53. The van der Waals surface area contributed by atoms with Gasteiger partial charge in [0.25, 0.3) is 0 Å². The van der Waals surface area contributed by atoms with E-state index < -0.39 is 0 Å². The quantitative estimate of drug-likeness (QED) is 0.747. The molecule has 0 unspecified atom stereocenters. The van der Waals surface area contributed by atoms with Crippen LogP contribution in [0.1, 0.15) is 17.3 Å². The van der Waals surface area contributed by atoms with Crippen LogP contribution in [0.3, 0.4) is 0 Å². The molecule has 2 heteroatoms. The number of rotatable bonds is 2. The number of aromatic nitrogens is 1. The van der Waals surface area contributed by atoms with Gasteiger partial charge in [-0.1, -0.05) is 60.7 Å². The fraction of sp³-hybridized carbons (Fsp3) is 0.158. The first-order valence-electron chi connectivity index (χ1n) is 7.44. The van der Waals surface area contributed by atoms with Crippen molar-refractivity contribution in [3.8, 4) is 11.3 Å². The second-order valence-corrected chi connectivity index (χ2v) is 5.53. The second kappa shape index (κ2) is 5.23. The Kier molecular flexibility index (Phi) is 3.09. The minimum atomic E-state index is 0.383. The van der Waals surface area contributed by atoms with E-state index in [1.54, 1.807) is 0 Å². The summed E-state index contributed by atoms with van der Waals surface area (Å²) < 4.78 is 2.45. The predicted molar refractivity (Wildman–Crippen MR) is 85.9 cm³/mol. The van der Waals surface area contributed by atoms with Gasteiger partial charge < -0.3 is 9.88 Å². The third-order valence-corrected chi connectivity index (χ3v) is 4.24. The predicted octanol–water partition coefficient (Wildman–Crippen LogP) is 4.00. The molecule has 0 bridgehead atoms. The van der Waals surface area contributed by atoms with Crippen LogP contribution in [0.4, 0.5) is 0 Å². The van der Waals surface area contributed by atoms with Gasteiger partial charge in [0.15, 0.2) is 0 Å². The molecule has 2 heterocycles. The third-order valence-electron chi connectivity index (χ3n) is 4.24. The van der Waals surface area contributed by atoms with Crippen LogP contribution in [-0.2, 0) is 13.1 Å². The highest BCUT2D eigenvalue weighted by atomic mass is 15.1. The standard InChI is InChI=1S/C19H18N2/c1-3-7-15(8-4-1)18-14-21-17(13-20-18)11-12-19(21)16-9-5-2-6-10-16/h1-12,18,20H,13-14H2/t18-/m1/s1. The Bertz CT molecular complexity index is 729. The van der Waals surface area contributed by atoms with Crippen molar-refractivity contribution in [1.29, 1.82) is 0 Å². The molecule has 0 fully saturated rings. The average molecular weight is 274 g/mol. The first kappa shape index (κ1) is 12.4. The highest BCUT2D eigenvalue weighted by Gasteiger charge is 2.21. The van der Waals surface area contributed by atoms with Gasteiger partial charge >= 0.3 is 0 Å².